The summed E-state index contributed by atoms with van der Waals surface area (Å²) < 4.78 is 0. The Kier molecular flexibility index (Phi) is 5.40. The summed E-state index contributed by atoms with van der Waals surface area (Å²) in [7, 11) is 0. The maximum Gasteiger partial charge on any atom is 0.145 e. The first kappa shape index (κ1) is 14.1. The number of aromatic nitrogens is 2. The molecule has 1 aromatic carbocycles. The minimum Gasteiger partial charge on any atom is -0.368 e. The topological polar surface area (TPSA) is 37.8 Å². The summed E-state index contributed by atoms with van der Waals surface area (Å²) in [4.78, 5) is 8.96. The molecular weight excluding hydrogens is 258 g/mol. The van der Waals surface area contributed by atoms with Gasteiger partial charge in [0.2, 0.25) is 0 Å². The number of fused-ring (bicyclic) bond motifs is 1. The van der Waals surface area contributed by atoms with Crippen molar-refractivity contribution in [2.24, 2.45) is 5.92 Å². The lowest BCUT2D eigenvalue weighted by Gasteiger charge is -2.15. The Labute approximate surface area is 119 Å². The van der Waals surface area contributed by atoms with Crippen molar-refractivity contribution in [2.45, 2.75) is 26.2 Å². The fraction of sp³-hybridized carbons (Fsp3) is 0.467. The molecule has 0 radical (unpaired) electrons. The Morgan fingerprint density at radius 1 is 1.21 bits per heavy atom. The van der Waals surface area contributed by atoms with Crippen LogP contribution in [-0.4, -0.2) is 22.4 Å². The van der Waals surface area contributed by atoms with Gasteiger partial charge in [-0.15, -0.1) is 11.6 Å². The zero-order valence-electron chi connectivity index (χ0n) is 11.3. The predicted octanol–water partition coefficient (Wildman–Crippen LogP) is 4.09. The number of hydrogen-bond acceptors (Lipinski definition) is 3. The minimum atomic E-state index is 0.607. The van der Waals surface area contributed by atoms with Crippen LogP contribution in [0.1, 0.15) is 26.2 Å². The number of hydrogen-bond donors (Lipinski definition) is 1. The van der Waals surface area contributed by atoms with Crippen LogP contribution in [0.5, 0.6) is 0 Å². The van der Waals surface area contributed by atoms with Crippen molar-refractivity contribution in [1.29, 1.82) is 0 Å². The molecule has 1 N–H and O–H groups in total. The molecule has 0 bridgehead atoms. The third kappa shape index (κ3) is 4.06. The van der Waals surface area contributed by atoms with Crippen molar-refractivity contribution in [3.8, 4) is 0 Å². The largest absolute Gasteiger partial charge is 0.368 e. The number of benzene rings is 1. The highest BCUT2D eigenvalue weighted by molar-refractivity contribution is 6.17. The van der Waals surface area contributed by atoms with Gasteiger partial charge in [-0.1, -0.05) is 25.5 Å². The Morgan fingerprint density at radius 3 is 2.74 bits per heavy atom. The van der Waals surface area contributed by atoms with Crippen LogP contribution in [0.15, 0.2) is 30.5 Å². The molecular formula is C15H20ClN3. The van der Waals surface area contributed by atoms with Crippen molar-refractivity contribution in [2.75, 3.05) is 17.7 Å². The molecule has 1 unspecified atom stereocenters. The maximum atomic E-state index is 5.84. The van der Waals surface area contributed by atoms with Gasteiger partial charge < -0.3 is 5.32 Å². The van der Waals surface area contributed by atoms with Crippen LogP contribution in [0.4, 0.5) is 5.82 Å². The van der Waals surface area contributed by atoms with Gasteiger partial charge in [0.15, 0.2) is 0 Å². The first-order valence-corrected chi connectivity index (χ1v) is 7.38. The van der Waals surface area contributed by atoms with E-state index in [1.165, 1.54) is 12.8 Å². The van der Waals surface area contributed by atoms with E-state index in [1.807, 2.05) is 24.3 Å². The van der Waals surface area contributed by atoms with E-state index in [1.54, 1.807) is 6.20 Å². The van der Waals surface area contributed by atoms with E-state index in [4.69, 9.17) is 11.6 Å². The summed E-state index contributed by atoms with van der Waals surface area (Å²) in [5.41, 5.74) is 1.86. The van der Waals surface area contributed by atoms with Gasteiger partial charge in [-0.2, -0.15) is 0 Å². The zero-order chi connectivity index (χ0) is 13.5. The molecule has 1 heterocycles. The number of rotatable bonds is 7. The van der Waals surface area contributed by atoms with E-state index in [9.17, 15) is 0 Å². The molecule has 4 heteroatoms. The summed E-state index contributed by atoms with van der Waals surface area (Å²) in [5, 5.41) is 3.37. The van der Waals surface area contributed by atoms with Crippen LogP contribution in [0.2, 0.25) is 0 Å². The van der Waals surface area contributed by atoms with Gasteiger partial charge in [-0.25, -0.2) is 4.98 Å². The second kappa shape index (κ2) is 7.29. The molecule has 0 aliphatic heterocycles. The number of para-hydroxylation sites is 2. The quantitative estimate of drug-likeness (QED) is 0.775. The van der Waals surface area contributed by atoms with E-state index in [-0.39, 0.29) is 0 Å². The van der Waals surface area contributed by atoms with E-state index in [0.717, 1.165) is 35.7 Å². The van der Waals surface area contributed by atoms with E-state index in [0.29, 0.717) is 5.92 Å². The highest BCUT2D eigenvalue weighted by atomic mass is 35.5. The average molecular weight is 278 g/mol. The third-order valence-corrected chi connectivity index (χ3v) is 3.45. The molecule has 0 saturated heterocycles. The van der Waals surface area contributed by atoms with Crippen LogP contribution >= 0.6 is 11.6 Å². The first-order chi connectivity index (χ1) is 9.33. The molecule has 1 aromatic heterocycles. The second-order valence-electron chi connectivity index (χ2n) is 4.76. The second-order valence-corrected chi connectivity index (χ2v) is 5.14. The Balaban J connectivity index is 2.00. The standard InChI is InChI=1S/C15H20ClN3/c1-2-5-12(8-9-16)10-18-15-11-17-13-6-3-4-7-14(13)19-15/h3-4,6-7,11-12H,2,5,8-10H2,1H3,(H,18,19). The van der Waals surface area contributed by atoms with E-state index < -0.39 is 0 Å². The van der Waals surface area contributed by atoms with Crippen molar-refractivity contribution in [1.82, 2.24) is 9.97 Å². The molecule has 0 spiro atoms. The Hall–Kier alpha value is -1.35. The summed E-state index contributed by atoms with van der Waals surface area (Å²) >= 11 is 5.84. The van der Waals surface area contributed by atoms with Gasteiger partial charge in [0, 0.05) is 12.4 Å². The molecule has 2 rings (SSSR count). The molecule has 19 heavy (non-hydrogen) atoms. The fourth-order valence-electron chi connectivity index (χ4n) is 2.20. The lowest BCUT2D eigenvalue weighted by atomic mass is 10.0. The SMILES string of the molecule is CCCC(CCCl)CNc1cnc2ccccc2n1. The molecule has 1 atom stereocenters. The van der Waals surface area contributed by atoms with E-state index >= 15 is 0 Å². The maximum absolute atomic E-state index is 5.84. The molecule has 0 saturated carbocycles. The fourth-order valence-corrected chi connectivity index (χ4v) is 2.51. The van der Waals surface area contributed by atoms with Crippen molar-refractivity contribution in [3.63, 3.8) is 0 Å². The number of nitrogens with one attached hydrogen (secondary N) is 1. The van der Waals surface area contributed by atoms with Crippen molar-refractivity contribution >= 4 is 28.5 Å². The number of halogens is 1. The summed E-state index contributed by atoms with van der Waals surface area (Å²) in [6.45, 7) is 3.12. The molecule has 0 aliphatic carbocycles. The number of alkyl halides is 1. The van der Waals surface area contributed by atoms with E-state index in [2.05, 4.69) is 22.2 Å². The first-order valence-electron chi connectivity index (χ1n) is 6.85. The molecule has 102 valence electrons. The van der Waals surface area contributed by atoms with Gasteiger partial charge in [-0.3, -0.25) is 4.98 Å². The summed E-state index contributed by atoms with van der Waals surface area (Å²) in [5.74, 6) is 2.17. The molecule has 2 aromatic rings. The van der Waals surface area contributed by atoms with Gasteiger partial charge in [-0.05, 0) is 30.9 Å². The van der Waals surface area contributed by atoms with Crippen LogP contribution in [0.3, 0.4) is 0 Å². The molecule has 0 amide bonds. The normalized spacial score (nSPS) is 12.5. The Morgan fingerprint density at radius 2 is 2.00 bits per heavy atom. The van der Waals surface area contributed by atoms with Crippen molar-refractivity contribution < 1.29 is 0 Å². The molecule has 0 fully saturated rings. The number of nitrogens with zero attached hydrogens (tertiary/aromatic N) is 2. The summed E-state index contributed by atoms with van der Waals surface area (Å²) in [6.07, 6.45) is 5.23. The van der Waals surface area contributed by atoms with Crippen LogP contribution in [0.25, 0.3) is 11.0 Å². The minimum absolute atomic E-state index is 0.607. The zero-order valence-corrected chi connectivity index (χ0v) is 12.0. The van der Waals surface area contributed by atoms with Gasteiger partial charge in [0.25, 0.3) is 0 Å². The average Bonchev–Trinajstić information content (AvgIpc) is 2.45. The third-order valence-electron chi connectivity index (χ3n) is 3.23. The van der Waals surface area contributed by atoms with Crippen molar-refractivity contribution in [3.05, 3.63) is 30.5 Å². The van der Waals surface area contributed by atoms with Crippen LogP contribution in [-0.2, 0) is 0 Å². The van der Waals surface area contributed by atoms with Gasteiger partial charge in [0.05, 0.1) is 17.2 Å². The lowest BCUT2D eigenvalue weighted by Crippen LogP contribution is -2.15. The monoisotopic (exact) mass is 277 g/mol. The lowest BCUT2D eigenvalue weighted by molar-refractivity contribution is 0.489. The van der Waals surface area contributed by atoms with Gasteiger partial charge >= 0.3 is 0 Å². The summed E-state index contributed by atoms with van der Waals surface area (Å²) in [6, 6.07) is 7.91. The number of anilines is 1. The highest BCUT2D eigenvalue weighted by Gasteiger charge is 2.07. The highest BCUT2D eigenvalue weighted by Crippen LogP contribution is 2.15. The van der Waals surface area contributed by atoms with Crippen LogP contribution < -0.4 is 5.32 Å². The Bertz CT molecular complexity index is 509. The van der Waals surface area contributed by atoms with Gasteiger partial charge in [0.1, 0.15) is 5.82 Å². The smallest absolute Gasteiger partial charge is 0.145 e. The molecule has 3 nitrogen and oxygen atoms in total. The molecule has 0 aliphatic rings. The van der Waals surface area contributed by atoms with Crippen LogP contribution in [0, 0.1) is 5.92 Å². The predicted molar refractivity (Wildman–Crippen MR) is 81.8 cm³/mol.